The van der Waals surface area contributed by atoms with E-state index in [1.54, 1.807) is 17.0 Å². The van der Waals surface area contributed by atoms with Gasteiger partial charge in [0, 0.05) is 18.2 Å². The number of amides is 1. The Morgan fingerprint density at radius 1 is 1.06 bits per heavy atom. The standard InChI is InChI=1S/C26H35NO4S/c1-5-6-16-31-24-13-9-21(10-14-24)25(28)27(23-15-17-32(29,30)19-23)18-20-7-11-22(12-8-20)26(2,3)4/h7-14,23H,5-6,15-19H2,1-4H3/t23-/m1/s1. The highest BCUT2D eigenvalue weighted by atomic mass is 32.2. The van der Waals surface area contributed by atoms with E-state index in [0.29, 0.717) is 25.1 Å². The summed E-state index contributed by atoms with van der Waals surface area (Å²) in [6.45, 7) is 9.64. The number of benzene rings is 2. The van der Waals surface area contributed by atoms with Crippen LogP contribution in [0.15, 0.2) is 48.5 Å². The van der Waals surface area contributed by atoms with Gasteiger partial charge in [0.2, 0.25) is 0 Å². The fraction of sp³-hybridized carbons (Fsp3) is 0.500. The Morgan fingerprint density at radius 2 is 1.72 bits per heavy atom. The molecule has 0 bridgehead atoms. The Hall–Kier alpha value is -2.34. The Balaban J connectivity index is 1.80. The molecule has 6 heteroatoms. The molecule has 0 saturated carbocycles. The normalized spacial score (nSPS) is 17.8. The summed E-state index contributed by atoms with van der Waals surface area (Å²) < 4.78 is 30.0. The van der Waals surface area contributed by atoms with Gasteiger partial charge < -0.3 is 9.64 Å². The molecule has 174 valence electrons. The number of rotatable bonds is 8. The molecule has 2 aromatic rings. The topological polar surface area (TPSA) is 63.7 Å². The van der Waals surface area contributed by atoms with Crippen molar-refractivity contribution in [1.29, 1.82) is 0 Å². The lowest BCUT2D eigenvalue weighted by molar-refractivity contribution is 0.0681. The van der Waals surface area contributed by atoms with Crippen molar-refractivity contribution in [2.24, 2.45) is 0 Å². The summed E-state index contributed by atoms with van der Waals surface area (Å²) in [4.78, 5) is 15.2. The minimum atomic E-state index is -3.11. The van der Waals surface area contributed by atoms with Crippen molar-refractivity contribution in [2.75, 3.05) is 18.1 Å². The first-order chi connectivity index (χ1) is 15.1. The fourth-order valence-corrected chi connectivity index (χ4v) is 5.62. The number of carbonyl (C=O) groups is 1. The largest absolute Gasteiger partial charge is 0.494 e. The second-order valence-corrected chi connectivity index (χ2v) is 11.9. The van der Waals surface area contributed by atoms with Crippen molar-refractivity contribution >= 4 is 15.7 Å². The van der Waals surface area contributed by atoms with E-state index in [4.69, 9.17) is 4.74 Å². The average Bonchev–Trinajstić information content (AvgIpc) is 3.11. The predicted octanol–water partition coefficient (Wildman–Crippen LogP) is 4.99. The molecule has 1 saturated heterocycles. The van der Waals surface area contributed by atoms with Crippen LogP contribution in [0.25, 0.3) is 0 Å². The van der Waals surface area contributed by atoms with Crippen molar-refractivity contribution in [1.82, 2.24) is 4.90 Å². The summed E-state index contributed by atoms with van der Waals surface area (Å²) in [5.41, 5.74) is 2.81. The van der Waals surface area contributed by atoms with Gasteiger partial charge in [-0.3, -0.25) is 4.79 Å². The van der Waals surface area contributed by atoms with Crippen molar-refractivity contribution in [3.8, 4) is 5.75 Å². The molecule has 1 amide bonds. The monoisotopic (exact) mass is 457 g/mol. The number of nitrogens with zero attached hydrogens (tertiary/aromatic N) is 1. The molecule has 0 aromatic heterocycles. The number of ether oxygens (including phenoxy) is 1. The van der Waals surface area contributed by atoms with Crippen molar-refractivity contribution in [2.45, 2.75) is 65.0 Å². The molecule has 5 nitrogen and oxygen atoms in total. The summed E-state index contributed by atoms with van der Waals surface area (Å²) >= 11 is 0. The maximum absolute atomic E-state index is 13.4. The summed E-state index contributed by atoms with van der Waals surface area (Å²) in [5.74, 6) is 0.751. The van der Waals surface area contributed by atoms with Gasteiger partial charge in [0.1, 0.15) is 5.75 Å². The third kappa shape index (κ3) is 6.35. The van der Waals surface area contributed by atoms with Gasteiger partial charge in [-0.2, -0.15) is 0 Å². The molecule has 3 rings (SSSR count). The van der Waals surface area contributed by atoms with Crippen LogP contribution in [0.1, 0.15) is 68.4 Å². The summed E-state index contributed by atoms with van der Waals surface area (Å²) in [6, 6.07) is 15.1. The highest BCUT2D eigenvalue weighted by Crippen LogP contribution is 2.26. The van der Waals surface area contributed by atoms with Gasteiger partial charge in [-0.05, 0) is 53.6 Å². The quantitative estimate of drug-likeness (QED) is 0.524. The van der Waals surface area contributed by atoms with Crippen LogP contribution in [-0.2, 0) is 21.8 Å². The lowest BCUT2D eigenvalue weighted by atomic mass is 9.86. The van der Waals surface area contributed by atoms with Gasteiger partial charge in [0.25, 0.3) is 5.91 Å². The second-order valence-electron chi connectivity index (χ2n) is 9.66. The van der Waals surface area contributed by atoms with E-state index < -0.39 is 9.84 Å². The van der Waals surface area contributed by atoms with Crippen molar-refractivity contribution in [3.05, 3.63) is 65.2 Å². The van der Waals surface area contributed by atoms with Crippen LogP contribution in [0.3, 0.4) is 0 Å². The lowest BCUT2D eigenvalue weighted by Crippen LogP contribution is -2.40. The van der Waals surface area contributed by atoms with E-state index in [9.17, 15) is 13.2 Å². The van der Waals surface area contributed by atoms with Crippen LogP contribution in [-0.4, -0.2) is 43.4 Å². The van der Waals surface area contributed by atoms with Gasteiger partial charge in [0.15, 0.2) is 9.84 Å². The fourth-order valence-electron chi connectivity index (χ4n) is 3.89. The number of hydrogen-bond donors (Lipinski definition) is 0. The molecule has 1 fully saturated rings. The van der Waals surface area contributed by atoms with Crippen LogP contribution in [0.4, 0.5) is 0 Å². The predicted molar refractivity (Wildman–Crippen MR) is 129 cm³/mol. The molecule has 0 N–H and O–H groups in total. The van der Waals surface area contributed by atoms with Crippen LogP contribution in [0, 0.1) is 0 Å². The third-order valence-corrected chi connectivity index (χ3v) is 7.70. The van der Waals surface area contributed by atoms with E-state index in [0.717, 1.165) is 24.2 Å². The van der Waals surface area contributed by atoms with E-state index in [2.05, 4.69) is 39.8 Å². The Labute approximate surface area is 192 Å². The van der Waals surface area contributed by atoms with Crippen LogP contribution in [0.2, 0.25) is 0 Å². The third-order valence-electron chi connectivity index (χ3n) is 5.95. The summed E-state index contributed by atoms with van der Waals surface area (Å²) in [7, 11) is -3.11. The molecule has 32 heavy (non-hydrogen) atoms. The van der Waals surface area contributed by atoms with E-state index in [1.165, 1.54) is 5.56 Å². The maximum atomic E-state index is 13.4. The molecule has 1 heterocycles. The molecule has 0 aliphatic carbocycles. The Bertz CT molecular complexity index is 1010. The maximum Gasteiger partial charge on any atom is 0.254 e. The van der Waals surface area contributed by atoms with Crippen LogP contribution >= 0.6 is 0 Å². The second kappa shape index (κ2) is 10.1. The van der Waals surface area contributed by atoms with E-state index >= 15 is 0 Å². The minimum absolute atomic E-state index is 0.0248. The molecule has 0 spiro atoms. The lowest BCUT2D eigenvalue weighted by Gasteiger charge is -2.29. The first-order valence-corrected chi connectivity index (χ1v) is 13.2. The zero-order chi connectivity index (χ0) is 23.4. The Morgan fingerprint density at radius 3 is 2.25 bits per heavy atom. The molecular weight excluding hydrogens is 422 g/mol. The van der Waals surface area contributed by atoms with Crippen LogP contribution in [0.5, 0.6) is 5.75 Å². The highest BCUT2D eigenvalue weighted by molar-refractivity contribution is 7.91. The SMILES string of the molecule is CCCCOc1ccc(C(=O)N(Cc2ccc(C(C)(C)C)cc2)[C@@H]2CCS(=O)(=O)C2)cc1. The van der Waals surface area contributed by atoms with E-state index in [-0.39, 0.29) is 28.9 Å². The zero-order valence-electron chi connectivity index (χ0n) is 19.6. The first kappa shape index (κ1) is 24.3. The molecule has 0 unspecified atom stereocenters. The number of carbonyl (C=O) groups excluding carboxylic acids is 1. The molecule has 2 aromatic carbocycles. The van der Waals surface area contributed by atoms with Crippen LogP contribution < -0.4 is 4.74 Å². The molecule has 1 aliphatic heterocycles. The smallest absolute Gasteiger partial charge is 0.254 e. The molecule has 1 atom stereocenters. The van der Waals surface area contributed by atoms with Gasteiger partial charge in [-0.25, -0.2) is 8.42 Å². The van der Waals surface area contributed by atoms with Crippen molar-refractivity contribution < 1.29 is 17.9 Å². The number of sulfone groups is 1. The summed E-state index contributed by atoms with van der Waals surface area (Å²) in [6.07, 6.45) is 2.53. The minimum Gasteiger partial charge on any atom is -0.494 e. The number of hydrogen-bond acceptors (Lipinski definition) is 4. The van der Waals surface area contributed by atoms with Gasteiger partial charge in [-0.1, -0.05) is 58.4 Å². The van der Waals surface area contributed by atoms with Gasteiger partial charge in [0.05, 0.1) is 18.1 Å². The number of unbranched alkanes of at least 4 members (excludes halogenated alkanes) is 1. The Kier molecular flexibility index (Phi) is 7.65. The van der Waals surface area contributed by atoms with Gasteiger partial charge in [-0.15, -0.1) is 0 Å². The molecule has 0 radical (unpaired) electrons. The van der Waals surface area contributed by atoms with E-state index in [1.807, 2.05) is 24.3 Å². The zero-order valence-corrected chi connectivity index (χ0v) is 20.5. The highest BCUT2D eigenvalue weighted by Gasteiger charge is 2.35. The first-order valence-electron chi connectivity index (χ1n) is 11.4. The molecule has 1 aliphatic rings. The summed E-state index contributed by atoms with van der Waals surface area (Å²) in [5, 5.41) is 0. The van der Waals surface area contributed by atoms with Crippen molar-refractivity contribution in [3.63, 3.8) is 0 Å². The van der Waals surface area contributed by atoms with Gasteiger partial charge >= 0.3 is 0 Å². The average molecular weight is 458 g/mol. The molecular formula is C26H35NO4S.